The number of ether oxygens (including phenoxy) is 1. The van der Waals surface area contributed by atoms with Crippen LogP contribution in [0.3, 0.4) is 0 Å². The van der Waals surface area contributed by atoms with Crippen LogP contribution in [0.1, 0.15) is 29.1 Å². The van der Waals surface area contributed by atoms with Crippen LogP contribution in [0.25, 0.3) is 16.8 Å². The van der Waals surface area contributed by atoms with Crippen LogP contribution in [-0.2, 0) is 21.3 Å². The molecule has 0 bridgehead atoms. The summed E-state index contributed by atoms with van der Waals surface area (Å²) in [6.45, 7) is 4.48. The zero-order valence-corrected chi connectivity index (χ0v) is 18.8. The lowest BCUT2D eigenvalue weighted by molar-refractivity contribution is -0.00543. The number of benzene rings is 1. The van der Waals surface area contributed by atoms with Gasteiger partial charge in [-0.2, -0.15) is 8.42 Å². The van der Waals surface area contributed by atoms with Crippen LogP contribution < -0.4 is 9.77 Å². The Balaban J connectivity index is 1.78. The Morgan fingerprint density at radius 2 is 2.03 bits per heavy atom. The third kappa shape index (κ3) is 4.33. The lowest BCUT2D eigenvalue weighted by Gasteiger charge is -2.37. The highest BCUT2D eigenvalue weighted by molar-refractivity contribution is 7.85. The fourth-order valence-electron chi connectivity index (χ4n) is 3.86. The number of nitrogens with zero attached hydrogens (tertiary/aromatic N) is 3. The van der Waals surface area contributed by atoms with Crippen molar-refractivity contribution in [2.24, 2.45) is 0 Å². The van der Waals surface area contributed by atoms with E-state index >= 15 is 4.39 Å². The first kappa shape index (κ1) is 22.6. The minimum absolute atomic E-state index is 0.0170. The van der Waals surface area contributed by atoms with E-state index in [1.54, 1.807) is 4.90 Å². The predicted molar refractivity (Wildman–Crippen MR) is 115 cm³/mol. The van der Waals surface area contributed by atoms with E-state index in [1.165, 1.54) is 12.3 Å². The first-order valence-corrected chi connectivity index (χ1v) is 12.1. The molecule has 0 saturated carbocycles. The molecule has 13 heteroatoms. The standard InChI is InChI=1S/C19H20FN3O7S2/c1-10-6-22(7-11(2)29-10)16-12(9-24)5-14-17(15(16)20)30-21-18(14)23-8-13(31-19(23)25)3-4-32(26,27)28/h5,8-11H,3-4,6-7H2,1-2H3,(H,26,27,28)/t10-,11-/m1/s1. The van der Waals surface area contributed by atoms with Gasteiger partial charge in [-0.1, -0.05) is 16.5 Å². The number of hydrogen-bond acceptors (Lipinski definition) is 9. The maximum Gasteiger partial charge on any atom is 0.313 e. The summed E-state index contributed by atoms with van der Waals surface area (Å²) in [6.07, 6.45) is 1.49. The number of hydrogen-bond donors (Lipinski definition) is 1. The Morgan fingerprint density at radius 1 is 1.34 bits per heavy atom. The van der Waals surface area contributed by atoms with E-state index in [-0.39, 0.29) is 46.7 Å². The summed E-state index contributed by atoms with van der Waals surface area (Å²) < 4.78 is 58.3. The molecule has 3 heterocycles. The first-order chi connectivity index (χ1) is 15.1. The second kappa shape index (κ2) is 8.39. The molecule has 172 valence electrons. The van der Waals surface area contributed by atoms with E-state index in [0.717, 1.165) is 15.9 Å². The van der Waals surface area contributed by atoms with Gasteiger partial charge in [0.15, 0.2) is 17.9 Å². The largest absolute Gasteiger partial charge is 0.372 e. The zero-order valence-electron chi connectivity index (χ0n) is 17.1. The highest BCUT2D eigenvalue weighted by Gasteiger charge is 2.29. The smallest absolute Gasteiger partial charge is 0.313 e. The quantitative estimate of drug-likeness (QED) is 0.411. The number of thiazole rings is 1. The molecule has 1 N–H and O–H groups in total. The number of aromatic nitrogens is 2. The molecule has 2 atom stereocenters. The predicted octanol–water partition coefficient (Wildman–Crippen LogP) is 2.04. The van der Waals surface area contributed by atoms with Gasteiger partial charge in [-0.15, -0.1) is 0 Å². The molecule has 10 nitrogen and oxygen atoms in total. The lowest BCUT2D eigenvalue weighted by atomic mass is 10.1. The van der Waals surface area contributed by atoms with Gasteiger partial charge in [-0.3, -0.25) is 18.7 Å². The molecule has 0 unspecified atom stereocenters. The molecule has 0 amide bonds. The second-order valence-electron chi connectivity index (χ2n) is 7.66. The number of carbonyl (C=O) groups is 1. The lowest BCUT2D eigenvalue weighted by Crippen LogP contribution is -2.46. The molecule has 1 saturated heterocycles. The van der Waals surface area contributed by atoms with Gasteiger partial charge in [0.1, 0.15) is 0 Å². The molecule has 1 fully saturated rings. The molecule has 3 aromatic rings. The summed E-state index contributed by atoms with van der Waals surface area (Å²) in [7, 11) is -4.19. The Bertz CT molecular complexity index is 1330. The number of morpholine rings is 1. The molecule has 32 heavy (non-hydrogen) atoms. The molecule has 4 rings (SSSR count). The fourth-order valence-corrected chi connectivity index (χ4v) is 5.29. The summed E-state index contributed by atoms with van der Waals surface area (Å²) in [6, 6.07) is 1.42. The van der Waals surface area contributed by atoms with Gasteiger partial charge < -0.3 is 14.2 Å². The van der Waals surface area contributed by atoms with Crippen molar-refractivity contribution in [1.29, 1.82) is 0 Å². The zero-order chi connectivity index (χ0) is 23.2. The fraction of sp³-hybridized carbons (Fsp3) is 0.421. The van der Waals surface area contributed by atoms with Crippen LogP contribution in [0.5, 0.6) is 0 Å². The molecule has 0 radical (unpaired) electrons. The van der Waals surface area contributed by atoms with Crippen molar-refractivity contribution in [1.82, 2.24) is 9.72 Å². The van der Waals surface area contributed by atoms with Crippen molar-refractivity contribution in [2.75, 3.05) is 23.7 Å². The third-order valence-electron chi connectivity index (χ3n) is 5.08. The van der Waals surface area contributed by atoms with Crippen molar-refractivity contribution in [2.45, 2.75) is 32.5 Å². The van der Waals surface area contributed by atoms with Gasteiger partial charge in [0.2, 0.25) is 5.58 Å². The van der Waals surface area contributed by atoms with Crippen molar-refractivity contribution in [3.8, 4) is 5.82 Å². The maximum atomic E-state index is 15.5. The number of anilines is 1. The minimum atomic E-state index is -4.19. The number of fused-ring (bicyclic) bond motifs is 1. The van der Waals surface area contributed by atoms with Gasteiger partial charge in [0.25, 0.3) is 10.1 Å². The number of aryl methyl sites for hydroxylation is 1. The normalized spacial score (nSPS) is 19.6. The molecule has 1 aliphatic heterocycles. The van der Waals surface area contributed by atoms with E-state index in [0.29, 0.717) is 24.3 Å². The van der Waals surface area contributed by atoms with Crippen molar-refractivity contribution < 1.29 is 31.4 Å². The Morgan fingerprint density at radius 3 is 2.66 bits per heavy atom. The summed E-state index contributed by atoms with van der Waals surface area (Å²) >= 11 is 0.767. The van der Waals surface area contributed by atoms with E-state index in [2.05, 4.69) is 5.16 Å². The SMILES string of the molecule is C[C@@H]1CN(c2c(C=O)cc3c(-n4cc(CCS(=O)(=O)O)sc4=O)noc3c2F)C[C@@H](C)O1. The summed E-state index contributed by atoms with van der Waals surface area (Å²) in [5, 5.41) is 3.96. The Kier molecular flexibility index (Phi) is 5.92. The molecule has 0 aliphatic carbocycles. The van der Waals surface area contributed by atoms with Crippen molar-refractivity contribution >= 4 is 44.4 Å². The first-order valence-electron chi connectivity index (χ1n) is 9.71. The van der Waals surface area contributed by atoms with Crippen LogP contribution in [0.15, 0.2) is 21.6 Å². The third-order valence-corrected chi connectivity index (χ3v) is 6.74. The van der Waals surface area contributed by atoms with E-state index in [1.807, 2.05) is 13.8 Å². The van der Waals surface area contributed by atoms with Crippen LogP contribution in [0.2, 0.25) is 0 Å². The van der Waals surface area contributed by atoms with Gasteiger partial charge in [-0.05, 0) is 26.3 Å². The number of carbonyl (C=O) groups excluding carboxylic acids is 1. The highest BCUT2D eigenvalue weighted by atomic mass is 32.2. The monoisotopic (exact) mass is 485 g/mol. The molecular formula is C19H20FN3O7S2. The van der Waals surface area contributed by atoms with Crippen molar-refractivity contribution in [3.63, 3.8) is 0 Å². The summed E-state index contributed by atoms with van der Waals surface area (Å²) in [4.78, 5) is 25.9. The van der Waals surface area contributed by atoms with Gasteiger partial charge in [-0.25, -0.2) is 4.39 Å². The van der Waals surface area contributed by atoms with Gasteiger partial charge in [0, 0.05) is 29.7 Å². The summed E-state index contributed by atoms with van der Waals surface area (Å²) in [5.74, 6) is -1.33. The van der Waals surface area contributed by atoms with Crippen LogP contribution in [0.4, 0.5) is 10.1 Å². The highest BCUT2D eigenvalue weighted by Crippen LogP contribution is 2.35. The number of halogens is 1. The average Bonchev–Trinajstić information content (AvgIpc) is 3.28. The molecule has 1 aromatic carbocycles. The summed E-state index contributed by atoms with van der Waals surface area (Å²) in [5.41, 5.74) is -0.0377. The van der Waals surface area contributed by atoms with E-state index in [4.69, 9.17) is 13.8 Å². The Labute approximate surface area is 185 Å². The minimum Gasteiger partial charge on any atom is -0.372 e. The van der Waals surface area contributed by atoms with Crippen LogP contribution in [0, 0.1) is 5.82 Å². The Hall–Kier alpha value is -2.61. The van der Waals surface area contributed by atoms with E-state index < -0.39 is 26.6 Å². The topological polar surface area (TPSA) is 132 Å². The van der Waals surface area contributed by atoms with Gasteiger partial charge >= 0.3 is 4.87 Å². The average molecular weight is 486 g/mol. The molecular weight excluding hydrogens is 465 g/mol. The molecule has 2 aromatic heterocycles. The molecule has 0 spiro atoms. The molecule has 1 aliphatic rings. The maximum absolute atomic E-state index is 15.5. The van der Waals surface area contributed by atoms with E-state index in [9.17, 15) is 18.0 Å². The van der Waals surface area contributed by atoms with Crippen LogP contribution in [-0.4, -0.2) is 60.0 Å². The van der Waals surface area contributed by atoms with Crippen LogP contribution >= 0.6 is 11.3 Å². The van der Waals surface area contributed by atoms with Crippen molar-refractivity contribution in [3.05, 3.63) is 38.2 Å². The number of rotatable bonds is 6. The second-order valence-corrected chi connectivity index (χ2v) is 10.3. The number of aldehydes is 1. The van der Waals surface area contributed by atoms with Gasteiger partial charge in [0.05, 0.1) is 29.0 Å².